The molecule has 0 fully saturated rings. The van der Waals surface area contributed by atoms with Crippen molar-refractivity contribution in [3.05, 3.63) is 201 Å². The van der Waals surface area contributed by atoms with E-state index in [1.54, 1.807) is 24.3 Å². The lowest BCUT2D eigenvalue weighted by molar-refractivity contribution is -0.455. The number of aromatic carboxylic acids is 2. The maximum atomic E-state index is 11.6. The zero-order chi connectivity index (χ0) is 42.6. The molecule has 0 saturated heterocycles. The maximum absolute atomic E-state index is 11.6. The van der Waals surface area contributed by atoms with Gasteiger partial charge >= 0.3 is 5.97 Å². The maximum Gasteiger partial charge on any atom is 0.335 e. The lowest BCUT2D eigenvalue weighted by Gasteiger charge is -2.27. The monoisotopic (exact) mass is 822 g/mol. The molecule has 304 valence electrons. The first kappa shape index (κ1) is 39.9. The van der Waals surface area contributed by atoms with Crippen LogP contribution in [0, 0.1) is 0 Å². The van der Waals surface area contributed by atoms with Gasteiger partial charge in [0.25, 0.3) is 0 Å². The summed E-state index contributed by atoms with van der Waals surface area (Å²) in [6.07, 6.45) is 11.6. The molecule has 6 nitrogen and oxygen atoms in total. The number of carbonyl (C=O) groups is 2. The Bertz CT molecular complexity index is 2950. The number of carboxylic acid groups (broad SMARTS) is 2. The predicted octanol–water partition coefficient (Wildman–Crippen LogP) is 11.7. The van der Waals surface area contributed by atoms with Crippen LogP contribution < -0.4 is 10.0 Å². The number of carboxylic acids is 2. The molecule has 7 heteroatoms. The molecule has 0 atom stereocenters. The van der Waals surface area contributed by atoms with Crippen LogP contribution in [0.15, 0.2) is 168 Å². The normalized spacial score (nSPS) is 18.2. The molecule has 2 heterocycles. The van der Waals surface area contributed by atoms with Gasteiger partial charge in [0.2, 0.25) is 5.69 Å². The summed E-state index contributed by atoms with van der Waals surface area (Å²) < 4.78 is 2.36. The van der Waals surface area contributed by atoms with Crippen LogP contribution in [-0.2, 0) is 23.9 Å². The van der Waals surface area contributed by atoms with Crippen LogP contribution in [0.2, 0.25) is 0 Å². The van der Waals surface area contributed by atoms with Gasteiger partial charge in [0.15, 0.2) is 12.3 Å². The van der Waals surface area contributed by atoms with Crippen LogP contribution in [0.5, 0.6) is 0 Å². The van der Waals surface area contributed by atoms with Gasteiger partial charge in [0, 0.05) is 51.6 Å². The van der Waals surface area contributed by atoms with Gasteiger partial charge in [-0.2, -0.15) is 4.58 Å². The second-order valence-corrected chi connectivity index (χ2v) is 17.8. The highest BCUT2D eigenvalue weighted by Crippen LogP contribution is 2.52. The highest BCUT2D eigenvalue weighted by atomic mass is 35.5. The molecule has 0 aromatic heterocycles. The quantitative estimate of drug-likeness (QED) is 0.147. The van der Waals surface area contributed by atoms with Crippen molar-refractivity contribution in [1.82, 2.24) is 0 Å². The van der Waals surface area contributed by atoms with E-state index in [1.807, 2.05) is 24.3 Å². The second kappa shape index (κ2) is 15.5. The molecule has 9 rings (SSSR count). The van der Waals surface area contributed by atoms with Crippen molar-refractivity contribution in [2.24, 2.45) is 0 Å². The van der Waals surface area contributed by atoms with Gasteiger partial charge in [-0.3, -0.25) is 0 Å². The first-order chi connectivity index (χ1) is 29.3. The Balaban J connectivity index is 1.10. The Morgan fingerprint density at radius 2 is 1.34 bits per heavy atom. The van der Waals surface area contributed by atoms with Gasteiger partial charge < -0.3 is 19.9 Å². The first-order valence-corrected chi connectivity index (χ1v) is 21.3. The largest absolute Gasteiger partial charge is 0.545 e. The molecule has 0 unspecified atom stereocenters. The summed E-state index contributed by atoms with van der Waals surface area (Å²) in [5.74, 6) is -2.12. The third kappa shape index (κ3) is 7.09. The van der Waals surface area contributed by atoms with Crippen molar-refractivity contribution >= 4 is 62.2 Å². The second-order valence-electron chi connectivity index (χ2n) is 17.4. The predicted molar refractivity (Wildman–Crippen MR) is 245 cm³/mol. The zero-order valence-corrected chi connectivity index (χ0v) is 35.6. The molecule has 3 aliphatic rings. The summed E-state index contributed by atoms with van der Waals surface area (Å²) in [6.45, 7) is 10.3. The van der Waals surface area contributed by atoms with Gasteiger partial charge in [-0.25, -0.2) is 4.79 Å². The van der Waals surface area contributed by atoms with Crippen molar-refractivity contribution in [2.45, 2.75) is 70.9 Å². The number of benzene rings is 6. The van der Waals surface area contributed by atoms with Gasteiger partial charge in [0.1, 0.15) is 0 Å². The van der Waals surface area contributed by atoms with E-state index >= 15 is 0 Å². The summed E-state index contributed by atoms with van der Waals surface area (Å²) in [4.78, 5) is 25.5. The third-order valence-corrected chi connectivity index (χ3v) is 13.4. The molecule has 0 radical (unpaired) electrons. The third-order valence-electron chi connectivity index (χ3n) is 12.9. The molecular weight excluding hydrogens is 776 g/mol. The number of halogens is 1. The fraction of sp³-hybridized carbons (Fsp3) is 0.204. The Morgan fingerprint density at radius 3 is 2.02 bits per heavy atom. The minimum atomic E-state index is -1.18. The van der Waals surface area contributed by atoms with E-state index in [4.69, 9.17) is 11.6 Å². The number of allylic oxidation sites excluding steroid dienone is 8. The highest BCUT2D eigenvalue weighted by Gasteiger charge is 2.46. The molecule has 0 saturated carbocycles. The number of hydrogen-bond acceptors (Lipinski definition) is 4. The molecule has 61 heavy (non-hydrogen) atoms. The molecule has 2 aliphatic heterocycles. The zero-order valence-electron chi connectivity index (χ0n) is 34.8. The molecule has 6 aromatic rings. The fourth-order valence-corrected chi connectivity index (χ4v) is 10.2. The molecule has 1 N–H and O–H groups in total. The number of hydrogen-bond donors (Lipinski definition) is 1. The Morgan fingerprint density at radius 1 is 0.721 bits per heavy atom. The smallest absolute Gasteiger partial charge is 0.335 e. The summed E-state index contributed by atoms with van der Waals surface area (Å²) in [7, 11) is 0. The Labute approximate surface area is 361 Å². The lowest BCUT2D eigenvalue weighted by Crippen LogP contribution is -2.28. The Hall–Kier alpha value is -6.50. The number of nitrogens with zero attached hydrogens (tertiary/aromatic N) is 2. The number of rotatable bonds is 9. The van der Waals surface area contributed by atoms with Crippen LogP contribution in [0.4, 0.5) is 11.4 Å². The standard InChI is InChI=1S/C54H47ClN2O4/c1-53(2)46(56(32-34-16-20-40(21-17-34)51(58)59)44-28-24-36-10-5-7-14-42(36)48(44)53)30-26-38-12-9-13-39(50(38)55)27-31-47-54(3,4)49-43-15-8-6-11-37(43)25-29-45(49)57(47)33-35-18-22-41(23-19-35)52(60)61/h5-8,10-11,14-31H,9,12-13,32-33H2,1-4H3,(H-,58,59,60,61). The number of anilines is 1. The summed E-state index contributed by atoms with van der Waals surface area (Å²) in [5.41, 5.74) is 11.1. The molecule has 0 bridgehead atoms. The van der Waals surface area contributed by atoms with Crippen molar-refractivity contribution < 1.29 is 24.4 Å². The van der Waals surface area contributed by atoms with Gasteiger partial charge in [-0.1, -0.05) is 129 Å². The van der Waals surface area contributed by atoms with E-state index in [0.717, 1.165) is 69.4 Å². The summed E-state index contributed by atoms with van der Waals surface area (Å²) in [5, 5.41) is 26.7. The van der Waals surface area contributed by atoms with Crippen LogP contribution >= 0.6 is 11.6 Å². The average molecular weight is 823 g/mol. The molecule has 0 amide bonds. The van der Waals surface area contributed by atoms with Crippen molar-refractivity contribution in [3.63, 3.8) is 0 Å². The van der Waals surface area contributed by atoms with Crippen LogP contribution in [-0.4, -0.2) is 27.3 Å². The van der Waals surface area contributed by atoms with Crippen LogP contribution in [0.1, 0.15) is 89.9 Å². The van der Waals surface area contributed by atoms with E-state index in [0.29, 0.717) is 13.1 Å². The van der Waals surface area contributed by atoms with Crippen LogP contribution in [0.3, 0.4) is 0 Å². The fourth-order valence-electron chi connectivity index (χ4n) is 9.84. The summed E-state index contributed by atoms with van der Waals surface area (Å²) in [6, 6.07) is 40.0. The minimum Gasteiger partial charge on any atom is -0.545 e. The average Bonchev–Trinajstić information content (AvgIpc) is 3.61. The highest BCUT2D eigenvalue weighted by molar-refractivity contribution is 6.32. The molecular formula is C54H47ClN2O4. The molecule has 0 spiro atoms. The van der Waals surface area contributed by atoms with Gasteiger partial charge in [0.05, 0.1) is 16.9 Å². The van der Waals surface area contributed by atoms with E-state index < -0.39 is 11.9 Å². The summed E-state index contributed by atoms with van der Waals surface area (Å²) >= 11 is 7.40. The topological polar surface area (TPSA) is 83.7 Å². The molecule has 6 aromatic carbocycles. The Kier molecular flexibility index (Phi) is 10.2. The van der Waals surface area contributed by atoms with Gasteiger partial charge in [-0.05, 0) is 113 Å². The van der Waals surface area contributed by atoms with E-state index in [1.165, 1.54) is 32.7 Å². The van der Waals surface area contributed by atoms with Crippen molar-refractivity contribution in [1.29, 1.82) is 0 Å². The van der Waals surface area contributed by atoms with E-state index in [9.17, 15) is 19.8 Å². The van der Waals surface area contributed by atoms with Crippen molar-refractivity contribution in [3.8, 4) is 0 Å². The number of fused-ring (bicyclic) bond motifs is 6. The SMILES string of the molecule is CC1(C)C(/C=C\C2=C(Cl)C(=C\C=C3\N(Cc4ccc(C(=O)O)cc4)c4ccc5ccccc5c4C3(C)C)/CCC2)=[N+](Cc2ccc(C(=O)[O-])cc2)c2ccc3ccccc3c21. The van der Waals surface area contributed by atoms with Gasteiger partial charge in [-0.15, -0.1) is 0 Å². The minimum absolute atomic E-state index is 0.161. The van der Waals surface area contributed by atoms with Crippen molar-refractivity contribution in [2.75, 3.05) is 4.90 Å². The van der Waals surface area contributed by atoms with E-state index in [2.05, 4.69) is 134 Å². The lowest BCUT2D eigenvalue weighted by atomic mass is 9.78. The van der Waals surface area contributed by atoms with Crippen LogP contribution in [0.25, 0.3) is 21.5 Å². The molecule has 1 aliphatic carbocycles. The van der Waals surface area contributed by atoms with E-state index in [-0.39, 0.29) is 22.0 Å². The number of carbonyl (C=O) groups excluding carboxylic acids is 1. The first-order valence-electron chi connectivity index (χ1n) is 20.9.